The zero-order chi connectivity index (χ0) is 13.8. The van der Waals surface area contributed by atoms with Crippen molar-refractivity contribution in [1.82, 2.24) is 10.1 Å². The third-order valence-electron chi connectivity index (χ3n) is 2.90. The number of benzene rings is 1. The number of nitrogens with zero attached hydrogens (tertiary/aromatic N) is 2. The number of phenols is 1. The first-order valence-electron chi connectivity index (χ1n) is 6.36. The molecule has 1 aliphatic rings. The molecular weight excluding hydrogens is 294 g/mol. The summed E-state index contributed by atoms with van der Waals surface area (Å²) in [6.07, 6.45) is 0. The number of rotatable bonds is 4. The number of nitrogens with one attached hydrogen (secondary N) is 1. The molecule has 20 heavy (non-hydrogen) atoms. The van der Waals surface area contributed by atoms with Gasteiger partial charge in [0.05, 0.1) is 11.8 Å². The summed E-state index contributed by atoms with van der Waals surface area (Å²) in [6, 6.07) is 6.88. The van der Waals surface area contributed by atoms with Gasteiger partial charge in [0, 0.05) is 22.9 Å². The highest BCUT2D eigenvalue weighted by atomic mass is 32.2. The molecule has 2 N–H and O–H groups in total. The zero-order valence-electron chi connectivity index (χ0n) is 10.8. The number of anilines is 1. The van der Waals surface area contributed by atoms with Crippen LogP contribution in [0.15, 0.2) is 28.8 Å². The number of hydrogen-bond acceptors (Lipinski definition) is 7. The van der Waals surface area contributed by atoms with Crippen LogP contribution in [0.1, 0.15) is 17.0 Å². The standard InChI is InChI=1S/C13H15N3O2S2/c17-10-3-1-9(2-4-10)14-7-12-15-13(16-18-12)11-8-19-5-6-20-11/h1-4,11,14,17H,5-8H2. The average molecular weight is 309 g/mol. The van der Waals surface area contributed by atoms with Crippen molar-refractivity contribution in [2.45, 2.75) is 11.8 Å². The lowest BCUT2D eigenvalue weighted by atomic mass is 10.3. The Balaban J connectivity index is 1.58. The van der Waals surface area contributed by atoms with E-state index in [0.717, 1.165) is 23.0 Å². The molecule has 106 valence electrons. The van der Waals surface area contributed by atoms with Gasteiger partial charge in [-0.25, -0.2) is 0 Å². The van der Waals surface area contributed by atoms with E-state index in [1.807, 2.05) is 23.5 Å². The van der Waals surface area contributed by atoms with E-state index >= 15 is 0 Å². The minimum Gasteiger partial charge on any atom is -0.508 e. The molecule has 1 aromatic carbocycles. The Morgan fingerprint density at radius 1 is 1.30 bits per heavy atom. The van der Waals surface area contributed by atoms with Crippen molar-refractivity contribution in [3.63, 3.8) is 0 Å². The average Bonchev–Trinajstić information content (AvgIpc) is 2.97. The van der Waals surface area contributed by atoms with Crippen LogP contribution in [0.2, 0.25) is 0 Å². The van der Waals surface area contributed by atoms with Gasteiger partial charge >= 0.3 is 0 Å². The molecule has 0 aliphatic carbocycles. The highest BCUT2D eigenvalue weighted by Crippen LogP contribution is 2.35. The molecule has 0 amide bonds. The fraction of sp³-hybridized carbons (Fsp3) is 0.385. The Morgan fingerprint density at radius 3 is 2.90 bits per heavy atom. The van der Waals surface area contributed by atoms with Gasteiger partial charge in [0.15, 0.2) is 5.82 Å². The Hall–Kier alpha value is -1.34. The first-order chi connectivity index (χ1) is 9.81. The predicted octanol–water partition coefficient (Wildman–Crippen LogP) is 2.91. The monoisotopic (exact) mass is 309 g/mol. The molecule has 1 saturated heterocycles. The van der Waals surface area contributed by atoms with Crippen LogP contribution in [0, 0.1) is 0 Å². The molecule has 0 saturated carbocycles. The van der Waals surface area contributed by atoms with Crippen molar-refractivity contribution in [3.05, 3.63) is 36.0 Å². The summed E-state index contributed by atoms with van der Waals surface area (Å²) in [4.78, 5) is 4.44. The first-order valence-corrected chi connectivity index (χ1v) is 8.56. The van der Waals surface area contributed by atoms with Gasteiger partial charge in [0.25, 0.3) is 0 Å². The molecule has 0 bridgehead atoms. The van der Waals surface area contributed by atoms with E-state index in [4.69, 9.17) is 4.52 Å². The molecule has 1 fully saturated rings. The molecule has 2 aromatic rings. The minimum atomic E-state index is 0.252. The summed E-state index contributed by atoms with van der Waals surface area (Å²) in [7, 11) is 0. The van der Waals surface area contributed by atoms with Crippen molar-refractivity contribution in [2.75, 3.05) is 22.6 Å². The fourth-order valence-electron chi connectivity index (χ4n) is 1.86. The van der Waals surface area contributed by atoms with Crippen molar-refractivity contribution in [1.29, 1.82) is 0 Å². The van der Waals surface area contributed by atoms with Crippen LogP contribution in [-0.2, 0) is 6.54 Å². The van der Waals surface area contributed by atoms with E-state index in [2.05, 4.69) is 15.5 Å². The van der Waals surface area contributed by atoms with Gasteiger partial charge in [-0.05, 0) is 24.3 Å². The van der Waals surface area contributed by atoms with E-state index < -0.39 is 0 Å². The van der Waals surface area contributed by atoms with Crippen molar-refractivity contribution in [2.24, 2.45) is 0 Å². The molecule has 1 aliphatic heterocycles. The first kappa shape index (κ1) is 13.6. The molecular formula is C13H15N3O2S2. The third kappa shape index (κ3) is 3.40. The van der Waals surface area contributed by atoms with Crippen LogP contribution in [-0.4, -0.2) is 32.5 Å². The van der Waals surface area contributed by atoms with Gasteiger partial charge in [-0.2, -0.15) is 16.7 Å². The maximum absolute atomic E-state index is 9.22. The Bertz CT molecular complexity index is 553. The molecule has 0 radical (unpaired) electrons. The van der Waals surface area contributed by atoms with Gasteiger partial charge in [-0.3, -0.25) is 0 Å². The normalized spacial score (nSPS) is 18.9. The lowest BCUT2D eigenvalue weighted by molar-refractivity contribution is 0.378. The smallest absolute Gasteiger partial charge is 0.245 e. The van der Waals surface area contributed by atoms with Crippen LogP contribution in [0.4, 0.5) is 5.69 Å². The van der Waals surface area contributed by atoms with Gasteiger partial charge in [-0.1, -0.05) is 5.16 Å². The molecule has 1 aromatic heterocycles. The largest absolute Gasteiger partial charge is 0.508 e. The number of hydrogen-bond donors (Lipinski definition) is 2. The second-order valence-corrected chi connectivity index (χ2v) is 6.84. The van der Waals surface area contributed by atoms with E-state index in [0.29, 0.717) is 17.7 Å². The number of phenolic OH excluding ortho intramolecular Hbond substituents is 1. The summed E-state index contributed by atoms with van der Waals surface area (Å²) in [5, 5.41) is 16.8. The molecule has 1 unspecified atom stereocenters. The number of aromatic hydroxyl groups is 1. The van der Waals surface area contributed by atoms with E-state index in [-0.39, 0.29) is 5.75 Å². The third-order valence-corrected chi connectivity index (χ3v) is 5.65. The maximum atomic E-state index is 9.22. The van der Waals surface area contributed by atoms with Crippen molar-refractivity contribution in [3.8, 4) is 5.75 Å². The summed E-state index contributed by atoms with van der Waals surface area (Å²) in [5.41, 5.74) is 0.908. The lowest BCUT2D eigenvalue weighted by Crippen LogP contribution is -2.08. The summed E-state index contributed by atoms with van der Waals surface area (Å²) < 4.78 is 5.27. The van der Waals surface area contributed by atoms with Gasteiger partial charge in [-0.15, -0.1) is 11.8 Å². The second kappa shape index (κ2) is 6.41. The summed E-state index contributed by atoms with van der Waals surface area (Å²) in [5.74, 6) is 5.03. The van der Waals surface area contributed by atoms with Crippen molar-refractivity contribution >= 4 is 29.2 Å². The van der Waals surface area contributed by atoms with E-state index in [1.54, 1.807) is 24.3 Å². The van der Waals surface area contributed by atoms with Crippen LogP contribution in [0.3, 0.4) is 0 Å². The van der Waals surface area contributed by atoms with E-state index in [9.17, 15) is 5.11 Å². The fourth-order valence-corrected chi connectivity index (χ4v) is 4.45. The molecule has 1 atom stereocenters. The molecule has 5 nitrogen and oxygen atoms in total. The topological polar surface area (TPSA) is 71.2 Å². The summed E-state index contributed by atoms with van der Waals surface area (Å²) in [6.45, 7) is 0.488. The van der Waals surface area contributed by atoms with Crippen LogP contribution >= 0.6 is 23.5 Å². The van der Waals surface area contributed by atoms with Crippen LogP contribution in [0.25, 0.3) is 0 Å². The molecule has 2 heterocycles. The number of thioether (sulfide) groups is 2. The second-order valence-electron chi connectivity index (χ2n) is 4.38. The lowest BCUT2D eigenvalue weighted by Gasteiger charge is -2.16. The maximum Gasteiger partial charge on any atom is 0.245 e. The quantitative estimate of drug-likeness (QED) is 0.841. The Morgan fingerprint density at radius 2 is 2.15 bits per heavy atom. The Kier molecular flexibility index (Phi) is 4.37. The van der Waals surface area contributed by atoms with Crippen LogP contribution in [0.5, 0.6) is 5.75 Å². The summed E-state index contributed by atoms with van der Waals surface area (Å²) >= 11 is 3.83. The predicted molar refractivity (Wildman–Crippen MR) is 82.3 cm³/mol. The zero-order valence-corrected chi connectivity index (χ0v) is 12.4. The van der Waals surface area contributed by atoms with E-state index in [1.165, 1.54) is 5.75 Å². The molecule has 7 heteroatoms. The highest BCUT2D eigenvalue weighted by Gasteiger charge is 2.21. The van der Waals surface area contributed by atoms with Gasteiger partial charge < -0.3 is 14.9 Å². The molecule has 3 rings (SSSR count). The van der Waals surface area contributed by atoms with Gasteiger partial charge in [0.2, 0.25) is 5.89 Å². The van der Waals surface area contributed by atoms with Crippen molar-refractivity contribution < 1.29 is 9.63 Å². The van der Waals surface area contributed by atoms with Gasteiger partial charge in [0.1, 0.15) is 5.75 Å². The highest BCUT2D eigenvalue weighted by molar-refractivity contribution is 8.06. The Labute approximate surface area is 125 Å². The molecule has 0 spiro atoms. The minimum absolute atomic E-state index is 0.252. The van der Waals surface area contributed by atoms with Crippen LogP contribution < -0.4 is 5.32 Å². The number of aromatic nitrogens is 2. The SMILES string of the molecule is Oc1ccc(NCc2nc(C3CSCCS3)no2)cc1.